The first-order chi connectivity index (χ1) is 12.0. The van der Waals surface area contributed by atoms with Crippen LogP contribution < -0.4 is 10.6 Å². The zero-order valence-corrected chi connectivity index (χ0v) is 16.0. The summed E-state index contributed by atoms with van der Waals surface area (Å²) in [5, 5.41) is 7.18. The molecule has 0 heterocycles. The van der Waals surface area contributed by atoms with Gasteiger partial charge >= 0.3 is 0 Å². The standard InChI is InChI=1S/C21H27FN2S/c1-4-15(3)17-8-10-18(11-9-17)20(5-2)24-21(25)23-14-16-6-12-19(22)13-7-16/h6-13,15,20H,4-5,14H2,1-3H3,(H2,23,24,25)/t15-,20-/m1/s1. The van der Waals surface area contributed by atoms with Gasteiger partial charge in [0.25, 0.3) is 0 Å². The highest BCUT2D eigenvalue weighted by Gasteiger charge is 2.11. The molecule has 0 aliphatic heterocycles. The summed E-state index contributed by atoms with van der Waals surface area (Å²) in [7, 11) is 0. The van der Waals surface area contributed by atoms with Crippen LogP contribution in [0.3, 0.4) is 0 Å². The third-order valence-corrected chi connectivity index (χ3v) is 4.86. The number of hydrogen-bond donors (Lipinski definition) is 2. The van der Waals surface area contributed by atoms with Gasteiger partial charge in [-0.05, 0) is 59.8 Å². The minimum Gasteiger partial charge on any atom is -0.359 e. The largest absolute Gasteiger partial charge is 0.359 e. The molecule has 2 nitrogen and oxygen atoms in total. The van der Waals surface area contributed by atoms with E-state index in [1.54, 1.807) is 12.1 Å². The second-order valence-electron chi connectivity index (χ2n) is 6.39. The predicted molar refractivity (Wildman–Crippen MR) is 107 cm³/mol. The number of hydrogen-bond acceptors (Lipinski definition) is 1. The number of thiocarbonyl (C=S) groups is 1. The molecule has 134 valence electrons. The van der Waals surface area contributed by atoms with Gasteiger partial charge in [-0.3, -0.25) is 0 Å². The average molecular weight is 359 g/mol. The van der Waals surface area contributed by atoms with Gasteiger partial charge in [0.1, 0.15) is 5.82 Å². The monoisotopic (exact) mass is 358 g/mol. The molecular formula is C21H27FN2S. The van der Waals surface area contributed by atoms with Crippen molar-refractivity contribution in [2.24, 2.45) is 0 Å². The van der Waals surface area contributed by atoms with Crippen molar-refractivity contribution in [3.8, 4) is 0 Å². The second-order valence-corrected chi connectivity index (χ2v) is 6.80. The van der Waals surface area contributed by atoms with Crippen LogP contribution in [0.15, 0.2) is 48.5 Å². The highest BCUT2D eigenvalue weighted by molar-refractivity contribution is 7.80. The summed E-state index contributed by atoms with van der Waals surface area (Å²) in [5.74, 6) is 0.358. The lowest BCUT2D eigenvalue weighted by Gasteiger charge is -2.21. The Morgan fingerprint density at radius 1 is 0.960 bits per heavy atom. The molecule has 2 aromatic carbocycles. The normalized spacial score (nSPS) is 13.1. The molecule has 2 atom stereocenters. The minimum absolute atomic E-state index is 0.180. The van der Waals surface area contributed by atoms with E-state index in [1.165, 1.54) is 23.3 Å². The SMILES string of the molecule is CC[C@@H](C)c1ccc([C@@H](CC)NC(=S)NCc2ccc(F)cc2)cc1. The molecule has 0 bridgehead atoms. The molecule has 4 heteroatoms. The molecular weight excluding hydrogens is 331 g/mol. The maximum Gasteiger partial charge on any atom is 0.167 e. The lowest BCUT2D eigenvalue weighted by Crippen LogP contribution is -2.37. The fourth-order valence-corrected chi connectivity index (χ4v) is 2.92. The van der Waals surface area contributed by atoms with E-state index < -0.39 is 0 Å². The first-order valence-corrected chi connectivity index (χ1v) is 9.33. The fraction of sp³-hybridized carbons (Fsp3) is 0.381. The molecule has 2 N–H and O–H groups in total. The number of rotatable bonds is 7. The van der Waals surface area contributed by atoms with E-state index in [0.29, 0.717) is 17.6 Å². The fourth-order valence-electron chi connectivity index (χ4n) is 2.71. The molecule has 2 rings (SSSR count). The Morgan fingerprint density at radius 3 is 2.12 bits per heavy atom. The van der Waals surface area contributed by atoms with Crippen LogP contribution in [0.1, 0.15) is 62.3 Å². The molecule has 25 heavy (non-hydrogen) atoms. The van der Waals surface area contributed by atoms with Crippen LogP contribution in [0.2, 0.25) is 0 Å². The van der Waals surface area contributed by atoms with Gasteiger partial charge in [-0.2, -0.15) is 0 Å². The molecule has 0 spiro atoms. The van der Waals surface area contributed by atoms with Crippen molar-refractivity contribution in [1.29, 1.82) is 0 Å². The molecule has 0 saturated carbocycles. The highest BCUT2D eigenvalue weighted by atomic mass is 32.1. The van der Waals surface area contributed by atoms with E-state index in [2.05, 4.69) is 55.7 Å². The van der Waals surface area contributed by atoms with Gasteiger partial charge < -0.3 is 10.6 Å². The van der Waals surface area contributed by atoms with E-state index in [-0.39, 0.29) is 11.9 Å². The number of nitrogens with one attached hydrogen (secondary N) is 2. The summed E-state index contributed by atoms with van der Waals surface area (Å²) in [6.07, 6.45) is 2.09. The molecule has 0 aromatic heterocycles. The van der Waals surface area contributed by atoms with E-state index in [4.69, 9.17) is 12.2 Å². The van der Waals surface area contributed by atoms with E-state index in [1.807, 2.05) is 0 Å². The van der Waals surface area contributed by atoms with Gasteiger partial charge in [0.2, 0.25) is 0 Å². The summed E-state index contributed by atoms with van der Waals surface area (Å²) in [6, 6.07) is 15.4. The van der Waals surface area contributed by atoms with Crippen LogP contribution in [-0.2, 0) is 6.54 Å². The highest BCUT2D eigenvalue weighted by Crippen LogP contribution is 2.22. The van der Waals surface area contributed by atoms with Gasteiger partial charge in [-0.1, -0.05) is 57.2 Å². The van der Waals surface area contributed by atoms with Crippen LogP contribution in [-0.4, -0.2) is 5.11 Å². The Balaban J connectivity index is 1.91. The van der Waals surface area contributed by atoms with Crippen LogP contribution in [0.4, 0.5) is 4.39 Å². The third-order valence-electron chi connectivity index (χ3n) is 4.60. The van der Waals surface area contributed by atoms with Gasteiger partial charge in [0, 0.05) is 6.54 Å². The van der Waals surface area contributed by atoms with Crippen LogP contribution in [0.25, 0.3) is 0 Å². The summed E-state index contributed by atoms with van der Waals surface area (Å²) in [5.41, 5.74) is 3.61. The van der Waals surface area contributed by atoms with Crippen LogP contribution >= 0.6 is 12.2 Å². The van der Waals surface area contributed by atoms with E-state index >= 15 is 0 Å². The van der Waals surface area contributed by atoms with Gasteiger partial charge in [-0.25, -0.2) is 4.39 Å². The first-order valence-electron chi connectivity index (χ1n) is 8.92. The van der Waals surface area contributed by atoms with Gasteiger partial charge in [-0.15, -0.1) is 0 Å². The van der Waals surface area contributed by atoms with Crippen LogP contribution in [0.5, 0.6) is 0 Å². The summed E-state index contributed by atoms with van der Waals surface area (Å²) < 4.78 is 12.9. The molecule has 0 saturated heterocycles. The Labute approximate surface area is 155 Å². The Hall–Kier alpha value is -1.94. The molecule has 0 aliphatic carbocycles. The zero-order valence-electron chi connectivity index (χ0n) is 15.2. The summed E-state index contributed by atoms with van der Waals surface area (Å²) in [6.45, 7) is 7.18. The summed E-state index contributed by atoms with van der Waals surface area (Å²) >= 11 is 5.41. The number of benzene rings is 2. The molecule has 0 radical (unpaired) electrons. The van der Waals surface area contributed by atoms with Crippen molar-refractivity contribution >= 4 is 17.3 Å². The zero-order chi connectivity index (χ0) is 18.2. The van der Waals surface area contributed by atoms with Crippen molar-refractivity contribution < 1.29 is 4.39 Å². The molecule has 2 aromatic rings. The molecule has 0 amide bonds. The lowest BCUT2D eigenvalue weighted by molar-refractivity contribution is 0.614. The minimum atomic E-state index is -0.226. The maximum atomic E-state index is 12.9. The molecule has 0 fully saturated rings. The van der Waals surface area contributed by atoms with E-state index in [0.717, 1.165) is 18.4 Å². The molecule has 0 unspecified atom stereocenters. The van der Waals surface area contributed by atoms with Gasteiger partial charge in [0.05, 0.1) is 6.04 Å². The quantitative estimate of drug-likeness (QED) is 0.643. The smallest absolute Gasteiger partial charge is 0.167 e. The lowest BCUT2D eigenvalue weighted by atomic mass is 9.95. The topological polar surface area (TPSA) is 24.1 Å². The average Bonchev–Trinajstić information content (AvgIpc) is 2.65. The predicted octanol–water partition coefficient (Wildman–Crippen LogP) is 5.45. The Morgan fingerprint density at radius 2 is 1.56 bits per heavy atom. The first kappa shape index (κ1) is 19.4. The second kappa shape index (κ2) is 9.52. The third kappa shape index (κ3) is 5.82. The maximum absolute atomic E-state index is 12.9. The van der Waals surface area contributed by atoms with Crippen LogP contribution in [0, 0.1) is 5.82 Å². The Kier molecular flexibility index (Phi) is 7.38. The summed E-state index contributed by atoms with van der Waals surface area (Å²) in [4.78, 5) is 0. The van der Waals surface area contributed by atoms with Crippen molar-refractivity contribution in [2.45, 2.75) is 52.1 Å². The molecule has 0 aliphatic rings. The van der Waals surface area contributed by atoms with Gasteiger partial charge in [0.15, 0.2) is 5.11 Å². The van der Waals surface area contributed by atoms with Crippen molar-refractivity contribution in [1.82, 2.24) is 10.6 Å². The van der Waals surface area contributed by atoms with Crippen molar-refractivity contribution in [2.75, 3.05) is 0 Å². The van der Waals surface area contributed by atoms with E-state index in [9.17, 15) is 4.39 Å². The number of halogens is 1. The van der Waals surface area contributed by atoms with Crippen molar-refractivity contribution in [3.05, 3.63) is 71.0 Å². The van der Waals surface area contributed by atoms with Crippen molar-refractivity contribution in [3.63, 3.8) is 0 Å². The Bertz CT molecular complexity index is 667.